The van der Waals surface area contributed by atoms with Crippen molar-refractivity contribution in [1.29, 1.82) is 0 Å². The number of aryl methyl sites for hydroxylation is 2. The van der Waals surface area contributed by atoms with Crippen molar-refractivity contribution in [3.05, 3.63) is 65.5 Å². The first-order valence-electron chi connectivity index (χ1n) is 9.10. The third-order valence-electron chi connectivity index (χ3n) is 5.11. The van der Waals surface area contributed by atoms with Gasteiger partial charge >= 0.3 is 6.03 Å². The van der Waals surface area contributed by atoms with Crippen LogP contribution in [0.3, 0.4) is 0 Å². The maximum absolute atomic E-state index is 12.8. The van der Waals surface area contributed by atoms with Crippen LogP contribution < -0.4 is 5.32 Å². The van der Waals surface area contributed by atoms with Crippen LogP contribution in [0.25, 0.3) is 5.69 Å². The van der Waals surface area contributed by atoms with Gasteiger partial charge in [-0.1, -0.05) is 24.3 Å². The van der Waals surface area contributed by atoms with Crippen molar-refractivity contribution in [3.63, 3.8) is 0 Å². The van der Waals surface area contributed by atoms with Crippen LogP contribution in [0.15, 0.2) is 48.5 Å². The Morgan fingerprint density at radius 1 is 1.19 bits per heavy atom. The van der Waals surface area contributed by atoms with Gasteiger partial charge in [0.05, 0.1) is 11.7 Å². The lowest BCUT2D eigenvalue weighted by Crippen LogP contribution is -2.36. The summed E-state index contributed by atoms with van der Waals surface area (Å²) in [4.78, 5) is 14.6. The molecule has 0 aliphatic heterocycles. The number of nitrogens with zero attached hydrogens (tertiary/aromatic N) is 5. The molecule has 0 unspecified atom stereocenters. The summed E-state index contributed by atoms with van der Waals surface area (Å²) in [7, 11) is 1.86. The van der Waals surface area contributed by atoms with Crippen LogP contribution in [0.2, 0.25) is 0 Å². The lowest BCUT2D eigenvalue weighted by Gasteiger charge is -2.33. The second-order valence-corrected chi connectivity index (χ2v) is 6.83. The summed E-state index contributed by atoms with van der Waals surface area (Å²) in [5.74, 6) is 0.711. The highest BCUT2D eigenvalue weighted by Gasteiger charge is 2.26. The highest BCUT2D eigenvalue weighted by molar-refractivity contribution is 5.89. The van der Waals surface area contributed by atoms with Gasteiger partial charge in [0.15, 0.2) is 5.82 Å². The van der Waals surface area contributed by atoms with Gasteiger partial charge in [-0.15, -0.1) is 5.10 Å². The summed E-state index contributed by atoms with van der Waals surface area (Å²) in [6, 6.07) is 15.9. The van der Waals surface area contributed by atoms with E-state index in [1.54, 1.807) is 9.58 Å². The van der Waals surface area contributed by atoms with Crippen LogP contribution in [0, 0.1) is 6.92 Å². The van der Waals surface area contributed by atoms with E-state index in [-0.39, 0.29) is 12.1 Å². The molecule has 0 saturated heterocycles. The van der Waals surface area contributed by atoms with E-state index in [2.05, 4.69) is 39.0 Å². The van der Waals surface area contributed by atoms with Crippen LogP contribution in [0.1, 0.15) is 35.8 Å². The predicted octanol–water partition coefficient (Wildman–Crippen LogP) is 3.51. The number of aromatic nitrogens is 4. The fourth-order valence-electron chi connectivity index (χ4n) is 3.64. The Kier molecular flexibility index (Phi) is 4.58. The average Bonchev–Trinajstić information content (AvgIpc) is 3.13. The highest BCUT2D eigenvalue weighted by atomic mass is 16.2. The summed E-state index contributed by atoms with van der Waals surface area (Å²) in [5, 5.41) is 14.5. The zero-order chi connectivity index (χ0) is 18.8. The van der Waals surface area contributed by atoms with E-state index in [1.165, 1.54) is 11.1 Å². The van der Waals surface area contributed by atoms with E-state index in [0.29, 0.717) is 5.82 Å². The first-order chi connectivity index (χ1) is 13.1. The third-order valence-corrected chi connectivity index (χ3v) is 5.11. The third kappa shape index (κ3) is 3.40. The van der Waals surface area contributed by atoms with Gasteiger partial charge in [-0.3, -0.25) is 0 Å². The number of rotatable bonds is 3. The fourth-order valence-corrected chi connectivity index (χ4v) is 3.64. The molecule has 0 radical (unpaired) electrons. The SMILES string of the molecule is Cc1nnnn1-c1ccc(NC(=O)N(C)[C@@H]2CCCc3ccccc32)cc1. The van der Waals surface area contributed by atoms with E-state index in [1.807, 2.05) is 44.3 Å². The molecule has 0 fully saturated rings. The summed E-state index contributed by atoms with van der Waals surface area (Å²) in [6.45, 7) is 1.84. The molecule has 1 aromatic heterocycles. The number of urea groups is 1. The van der Waals surface area contributed by atoms with E-state index in [9.17, 15) is 4.79 Å². The molecular weight excluding hydrogens is 340 g/mol. The molecule has 1 aliphatic carbocycles. The van der Waals surface area contributed by atoms with Crippen LogP contribution >= 0.6 is 0 Å². The molecule has 1 heterocycles. The number of carbonyl (C=O) groups is 1. The average molecular weight is 362 g/mol. The predicted molar refractivity (Wildman–Crippen MR) is 103 cm³/mol. The van der Waals surface area contributed by atoms with Crippen molar-refractivity contribution < 1.29 is 4.79 Å². The van der Waals surface area contributed by atoms with E-state index >= 15 is 0 Å². The summed E-state index contributed by atoms with van der Waals surface area (Å²) >= 11 is 0. The van der Waals surface area contributed by atoms with Crippen LogP contribution in [0.5, 0.6) is 0 Å². The van der Waals surface area contributed by atoms with Crippen molar-refractivity contribution >= 4 is 11.7 Å². The highest BCUT2D eigenvalue weighted by Crippen LogP contribution is 2.33. The largest absolute Gasteiger partial charge is 0.322 e. The molecule has 0 bridgehead atoms. The Bertz CT molecular complexity index is 949. The lowest BCUT2D eigenvalue weighted by molar-refractivity contribution is 0.197. The number of hydrogen-bond acceptors (Lipinski definition) is 4. The molecule has 3 aromatic rings. The molecule has 138 valence electrons. The quantitative estimate of drug-likeness (QED) is 0.773. The number of amides is 2. The monoisotopic (exact) mass is 362 g/mol. The van der Waals surface area contributed by atoms with E-state index < -0.39 is 0 Å². The number of fused-ring (bicyclic) bond motifs is 1. The number of tetrazole rings is 1. The van der Waals surface area contributed by atoms with Gasteiger partial charge in [-0.05, 0) is 72.0 Å². The molecule has 7 heteroatoms. The van der Waals surface area contributed by atoms with Gasteiger partial charge in [-0.25, -0.2) is 4.79 Å². The van der Waals surface area contributed by atoms with Gasteiger partial charge in [0.2, 0.25) is 0 Å². The van der Waals surface area contributed by atoms with Crippen LogP contribution in [0.4, 0.5) is 10.5 Å². The summed E-state index contributed by atoms with van der Waals surface area (Å²) < 4.78 is 1.65. The Morgan fingerprint density at radius 2 is 1.96 bits per heavy atom. The second-order valence-electron chi connectivity index (χ2n) is 6.83. The van der Waals surface area contributed by atoms with Crippen molar-refractivity contribution in [2.24, 2.45) is 0 Å². The fraction of sp³-hybridized carbons (Fsp3) is 0.300. The van der Waals surface area contributed by atoms with Crippen molar-refractivity contribution in [2.75, 3.05) is 12.4 Å². The van der Waals surface area contributed by atoms with Crippen LogP contribution in [-0.2, 0) is 6.42 Å². The maximum atomic E-state index is 12.8. The minimum atomic E-state index is -0.108. The molecular formula is C20H22N6O. The Labute approximate surface area is 158 Å². The van der Waals surface area contributed by atoms with Gasteiger partial charge in [0.1, 0.15) is 0 Å². The number of anilines is 1. The minimum Gasteiger partial charge on any atom is -0.321 e. The molecule has 1 aliphatic rings. The second kappa shape index (κ2) is 7.19. The number of hydrogen-bond donors (Lipinski definition) is 1. The first-order valence-corrected chi connectivity index (χ1v) is 9.10. The lowest BCUT2D eigenvalue weighted by atomic mass is 9.87. The number of nitrogens with one attached hydrogen (secondary N) is 1. The van der Waals surface area contributed by atoms with Gasteiger partial charge in [-0.2, -0.15) is 4.68 Å². The van der Waals surface area contributed by atoms with Crippen molar-refractivity contribution in [2.45, 2.75) is 32.2 Å². The van der Waals surface area contributed by atoms with Crippen molar-refractivity contribution in [1.82, 2.24) is 25.1 Å². The summed E-state index contributed by atoms with van der Waals surface area (Å²) in [5.41, 5.74) is 4.19. The zero-order valence-electron chi connectivity index (χ0n) is 15.5. The van der Waals surface area contributed by atoms with Crippen LogP contribution in [-0.4, -0.2) is 38.2 Å². The number of carbonyl (C=O) groups excluding carboxylic acids is 1. The minimum absolute atomic E-state index is 0.108. The van der Waals surface area contributed by atoms with Gasteiger partial charge in [0, 0.05) is 12.7 Å². The van der Waals surface area contributed by atoms with E-state index in [4.69, 9.17) is 0 Å². The molecule has 0 saturated carbocycles. The molecule has 0 spiro atoms. The van der Waals surface area contributed by atoms with Gasteiger partial charge < -0.3 is 10.2 Å². The number of benzene rings is 2. The topological polar surface area (TPSA) is 75.9 Å². The molecule has 7 nitrogen and oxygen atoms in total. The maximum Gasteiger partial charge on any atom is 0.322 e. The molecule has 2 aromatic carbocycles. The first kappa shape index (κ1) is 17.2. The van der Waals surface area contributed by atoms with Crippen molar-refractivity contribution in [3.8, 4) is 5.69 Å². The van der Waals surface area contributed by atoms with Gasteiger partial charge in [0.25, 0.3) is 0 Å². The molecule has 27 heavy (non-hydrogen) atoms. The normalized spacial score (nSPS) is 15.9. The Balaban J connectivity index is 1.47. The standard InChI is InChI=1S/C20H22N6O/c1-14-22-23-24-26(14)17-12-10-16(11-13-17)21-20(27)25(2)19-9-5-7-15-6-3-4-8-18(15)19/h3-4,6,8,10-13,19H,5,7,9H2,1-2H3,(H,21,27)/t19-/m1/s1. The zero-order valence-corrected chi connectivity index (χ0v) is 15.5. The molecule has 1 N–H and O–H groups in total. The summed E-state index contributed by atoms with van der Waals surface area (Å²) in [6.07, 6.45) is 3.16. The van der Waals surface area contributed by atoms with E-state index in [0.717, 1.165) is 30.6 Å². The Hall–Kier alpha value is -3.22. The Morgan fingerprint density at radius 3 is 2.70 bits per heavy atom. The molecule has 1 atom stereocenters. The molecule has 2 amide bonds. The smallest absolute Gasteiger partial charge is 0.321 e. The molecule has 4 rings (SSSR count).